The van der Waals surface area contributed by atoms with E-state index in [-0.39, 0.29) is 5.28 Å². The summed E-state index contributed by atoms with van der Waals surface area (Å²) < 4.78 is 0. The lowest BCUT2D eigenvalue weighted by Crippen LogP contribution is -2.07. The lowest BCUT2D eigenvalue weighted by atomic mass is 10.2. The molecule has 0 saturated heterocycles. The van der Waals surface area contributed by atoms with Crippen LogP contribution in [0.25, 0.3) is 0 Å². The van der Waals surface area contributed by atoms with Crippen LogP contribution in [0.15, 0.2) is 24.5 Å². The normalized spacial score (nSPS) is 10.2. The van der Waals surface area contributed by atoms with Crippen molar-refractivity contribution >= 4 is 28.9 Å². The number of nitrogens with one attached hydrogen (secondary N) is 1. The fourth-order valence-electron chi connectivity index (χ4n) is 1.29. The van der Waals surface area contributed by atoms with Gasteiger partial charge in [-0.3, -0.25) is 0 Å². The van der Waals surface area contributed by atoms with E-state index >= 15 is 0 Å². The first-order valence-electron chi connectivity index (χ1n) is 4.88. The summed E-state index contributed by atoms with van der Waals surface area (Å²) in [5, 5.41) is 3.17. The van der Waals surface area contributed by atoms with Crippen molar-refractivity contribution in [2.75, 3.05) is 16.8 Å². The van der Waals surface area contributed by atoms with E-state index < -0.39 is 0 Å². The van der Waals surface area contributed by atoms with E-state index in [1.165, 1.54) is 6.20 Å². The van der Waals surface area contributed by atoms with Gasteiger partial charge in [0.1, 0.15) is 5.82 Å². The molecule has 0 fully saturated rings. The molecule has 0 aliphatic rings. The molecule has 0 amide bonds. The zero-order valence-electron chi connectivity index (χ0n) is 8.89. The molecule has 2 rings (SSSR count). The van der Waals surface area contributed by atoms with E-state index in [4.69, 9.17) is 23.1 Å². The molecule has 6 nitrogen and oxygen atoms in total. The molecule has 88 valence electrons. The highest BCUT2D eigenvalue weighted by Gasteiger charge is 2.04. The van der Waals surface area contributed by atoms with Gasteiger partial charge in [-0.1, -0.05) is 6.07 Å². The van der Waals surface area contributed by atoms with Gasteiger partial charge in [0.05, 0.1) is 11.9 Å². The van der Waals surface area contributed by atoms with Crippen molar-refractivity contribution in [3.05, 3.63) is 35.4 Å². The fourth-order valence-corrected chi connectivity index (χ4v) is 1.42. The average Bonchev–Trinajstić information content (AvgIpc) is 2.32. The minimum Gasteiger partial charge on any atom is -0.394 e. The van der Waals surface area contributed by atoms with Crippen LogP contribution in [0.4, 0.5) is 17.3 Å². The van der Waals surface area contributed by atoms with Crippen LogP contribution in [0, 0.1) is 0 Å². The van der Waals surface area contributed by atoms with Crippen molar-refractivity contribution in [3.63, 3.8) is 0 Å². The Bertz CT molecular complexity index is 530. The zero-order valence-corrected chi connectivity index (χ0v) is 9.65. The molecule has 0 aliphatic carbocycles. The van der Waals surface area contributed by atoms with Gasteiger partial charge < -0.3 is 16.8 Å². The molecule has 2 aromatic heterocycles. The minimum absolute atomic E-state index is 0.140. The predicted molar refractivity (Wildman–Crippen MR) is 67.4 cm³/mol. The third-order valence-electron chi connectivity index (χ3n) is 2.16. The van der Waals surface area contributed by atoms with Crippen LogP contribution in [0.1, 0.15) is 5.56 Å². The Labute approximate surface area is 103 Å². The van der Waals surface area contributed by atoms with E-state index in [1.54, 1.807) is 6.20 Å². The van der Waals surface area contributed by atoms with E-state index in [9.17, 15) is 0 Å². The molecule has 0 aromatic carbocycles. The van der Waals surface area contributed by atoms with E-state index in [0.717, 1.165) is 5.56 Å². The Balaban J connectivity index is 2.12. The summed E-state index contributed by atoms with van der Waals surface area (Å²) >= 11 is 5.68. The number of nitrogens with two attached hydrogens (primary N) is 2. The Morgan fingerprint density at radius 1 is 1.29 bits per heavy atom. The predicted octanol–water partition coefficient (Wildman–Crippen LogP) is 1.30. The van der Waals surface area contributed by atoms with E-state index in [0.29, 0.717) is 23.9 Å². The molecule has 0 bridgehead atoms. The molecule has 2 heterocycles. The Morgan fingerprint density at radius 3 is 2.88 bits per heavy atom. The van der Waals surface area contributed by atoms with Gasteiger partial charge in [0.25, 0.3) is 0 Å². The van der Waals surface area contributed by atoms with Crippen molar-refractivity contribution in [3.8, 4) is 0 Å². The highest BCUT2D eigenvalue weighted by atomic mass is 35.5. The van der Waals surface area contributed by atoms with Crippen LogP contribution in [0.3, 0.4) is 0 Å². The second-order valence-electron chi connectivity index (χ2n) is 3.34. The Hall–Kier alpha value is -2.08. The standard InChI is InChI=1S/C10H11ClN6/c11-10-16-5-7(12)9(17-10)15-4-6-2-1-3-14-8(6)13/h1-3,5H,4,12H2,(H2,13,14)(H,15,16,17). The van der Waals surface area contributed by atoms with Crippen LogP contribution < -0.4 is 16.8 Å². The van der Waals surface area contributed by atoms with Gasteiger partial charge in [-0.25, -0.2) is 9.97 Å². The number of rotatable bonds is 3. The number of aromatic nitrogens is 3. The van der Waals surface area contributed by atoms with Gasteiger partial charge in [0.15, 0.2) is 5.82 Å². The maximum atomic E-state index is 5.71. The number of nitrogen functional groups attached to an aromatic ring is 2. The van der Waals surface area contributed by atoms with Gasteiger partial charge in [-0.05, 0) is 17.7 Å². The molecular weight excluding hydrogens is 240 g/mol. The molecule has 0 spiro atoms. The fraction of sp³-hybridized carbons (Fsp3) is 0.100. The monoisotopic (exact) mass is 250 g/mol. The SMILES string of the molecule is Nc1cnc(Cl)nc1NCc1cccnc1N. The third-order valence-corrected chi connectivity index (χ3v) is 2.34. The molecule has 17 heavy (non-hydrogen) atoms. The van der Waals surface area contributed by atoms with Gasteiger partial charge >= 0.3 is 0 Å². The molecule has 0 unspecified atom stereocenters. The van der Waals surface area contributed by atoms with Crippen LogP contribution in [-0.2, 0) is 6.54 Å². The van der Waals surface area contributed by atoms with Crippen molar-refractivity contribution in [2.45, 2.75) is 6.54 Å². The summed E-state index contributed by atoms with van der Waals surface area (Å²) in [5.74, 6) is 0.951. The Kier molecular flexibility index (Phi) is 3.24. The number of halogens is 1. The first-order chi connectivity index (χ1) is 8.16. The summed E-state index contributed by atoms with van der Waals surface area (Å²) in [7, 11) is 0. The third kappa shape index (κ3) is 2.73. The van der Waals surface area contributed by atoms with Crippen LogP contribution in [-0.4, -0.2) is 15.0 Å². The molecule has 0 atom stereocenters. The van der Waals surface area contributed by atoms with Crippen molar-refractivity contribution in [1.29, 1.82) is 0 Å². The average molecular weight is 251 g/mol. The first-order valence-corrected chi connectivity index (χ1v) is 5.26. The van der Waals surface area contributed by atoms with Gasteiger partial charge in [-0.2, -0.15) is 4.98 Å². The Morgan fingerprint density at radius 2 is 2.12 bits per heavy atom. The number of anilines is 3. The highest BCUT2D eigenvalue weighted by molar-refractivity contribution is 6.28. The highest BCUT2D eigenvalue weighted by Crippen LogP contribution is 2.17. The maximum absolute atomic E-state index is 5.71. The maximum Gasteiger partial charge on any atom is 0.224 e. The van der Waals surface area contributed by atoms with Gasteiger partial charge in [-0.15, -0.1) is 0 Å². The first kappa shape index (κ1) is 11.4. The summed E-state index contributed by atoms with van der Waals surface area (Å²) in [4.78, 5) is 11.7. The number of hydrogen-bond donors (Lipinski definition) is 3. The topological polar surface area (TPSA) is 103 Å². The molecule has 5 N–H and O–H groups in total. The molecule has 2 aromatic rings. The van der Waals surface area contributed by atoms with Crippen LogP contribution in [0.2, 0.25) is 5.28 Å². The van der Waals surface area contributed by atoms with Crippen LogP contribution >= 0.6 is 11.6 Å². The van der Waals surface area contributed by atoms with Crippen LogP contribution in [0.5, 0.6) is 0 Å². The summed E-state index contributed by atoms with van der Waals surface area (Å²) in [6.45, 7) is 0.469. The lowest BCUT2D eigenvalue weighted by Gasteiger charge is -2.09. The number of hydrogen-bond acceptors (Lipinski definition) is 6. The summed E-state index contributed by atoms with van der Waals surface area (Å²) in [5.41, 5.74) is 12.7. The summed E-state index contributed by atoms with van der Waals surface area (Å²) in [6, 6.07) is 3.68. The van der Waals surface area contributed by atoms with Gasteiger partial charge in [0, 0.05) is 18.3 Å². The minimum atomic E-state index is 0.140. The quantitative estimate of drug-likeness (QED) is 0.710. The van der Waals surface area contributed by atoms with Crippen molar-refractivity contribution in [2.24, 2.45) is 0 Å². The largest absolute Gasteiger partial charge is 0.394 e. The van der Waals surface area contributed by atoms with Gasteiger partial charge in [0.2, 0.25) is 5.28 Å². The molecule has 0 aliphatic heterocycles. The zero-order chi connectivity index (χ0) is 12.3. The number of pyridine rings is 1. The molecular formula is C10H11ClN6. The van der Waals surface area contributed by atoms with Crippen molar-refractivity contribution in [1.82, 2.24) is 15.0 Å². The molecule has 0 saturated carbocycles. The second-order valence-corrected chi connectivity index (χ2v) is 3.68. The van der Waals surface area contributed by atoms with E-state index in [2.05, 4.69) is 20.3 Å². The molecule has 0 radical (unpaired) electrons. The van der Waals surface area contributed by atoms with Crippen molar-refractivity contribution < 1.29 is 0 Å². The second kappa shape index (κ2) is 4.84. The summed E-state index contributed by atoms with van der Waals surface area (Å²) in [6.07, 6.45) is 3.08. The smallest absolute Gasteiger partial charge is 0.224 e. The lowest BCUT2D eigenvalue weighted by molar-refractivity contribution is 1.07. The number of nitrogens with zero attached hydrogens (tertiary/aromatic N) is 3. The molecule has 7 heteroatoms. The van der Waals surface area contributed by atoms with E-state index in [1.807, 2.05) is 12.1 Å².